The van der Waals surface area contributed by atoms with Gasteiger partial charge in [-0.25, -0.2) is 4.79 Å². The first-order valence-electron chi connectivity index (χ1n) is 7.80. The van der Waals surface area contributed by atoms with E-state index in [4.69, 9.17) is 16.3 Å². The summed E-state index contributed by atoms with van der Waals surface area (Å²) >= 11 is 7.43. The highest BCUT2D eigenvalue weighted by molar-refractivity contribution is 7.21. The summed E-state index contributed by atoms with van der Waals surface area (Å²) in [7, 11) is 0. The standard InChI is InChI=1S/C18H13ClN2O5S/c1-10(17(22)20-11-6-8-12(9-7-11)21(24)25)26-18(23)16-15(19)13-4-2-3-5-14(13)27-16/h2-10H,1H3,(H,20,22). The van der Waals surface area contributed by atoms with Crippen molar-refractivity contribution < 1.29 is 19.2 Å². The predicted molar refractivity (Wildman–Crippen MR) is 103 cm³/mol. The van der Waals surface area contributed by atoms with Crippen molar-refractivity contribution in [1.29, 1.82) is 0 Å². The van der Waals surface area contributed by atoms with Gasteiger partial charge < -0.3 is 10.1 Å². The zero-order valence-electron chi connectivity index (χ0n) is 14.0. The number of nitrogens with one attached hydrogen (secondary N) is 1. The summed E-state index contributed by atoms with van der Waals surface area (Å²) in [4.78, 5) is 34.9. The topological polar surface area (TPSA) is 98.5 Å². The molecule has 0 spiro atoms. The van der Waals surface area contributed by atoms with Crippen LogP contribution >= 0.6 is 22.9 Å². The monoisotopic (exact) mass is 404 g/mol. The fourth-order valence-corrected chi connectivity index (χ4v) is 3.71. The van der Waals surface area contributed by atoms with Crippen molar-refractivity contribution in [3.05, 3.63) is 68.5 Å². The number of ether oxygens (including phenoxy) is 1. The summed E-state index contributed by atoms with van der Waals surface area (Å²) in [6.45, 7) is 1.43. The number of hydrogen-bond donors (Lipinski definition) is 1. The van der Waals surface area contributed by atoms with E-state index in [1.807, 2.05) is 18.2 Å². The Morgan fingerprint density at radius 3 is 2.48 bits per heavy atom. The third-order valence-electron chi connectivity index (χ3n) is 3.72. The first kappa shape index (κ1) is 18.8. The number of esters is 1. The van der Waals surface area contributed by atoms with E-state index in [2.05, 4.69) is 5.32 Å². The lowest BCUT2D eigenvalue weighted by Gasteiger charge is -2.13. The molecule has 1 unspecified atom stereocenters. The molecular formula is C18H13ClN2O5S. The molecule has 0 aliphatic heterocycles. The molecule has 27 heavy (non-hydrogen) atoms. The molecule has 0 radical (unpaired) electrons. The van der Waals surface area contributed by atoms with Crippen LogP contribution in [-0.2, 0) is 9.53 Å². The molecule has 3 rings (SSSR count). The minimum atomic E-state index is -1.08. The van der Waals surface area contributed by atoms with Gasteiger partial charge in [0.15, 0.2) is 6.10 Å². The summed E-state index contributed by atoms with van der Waals surface area (Å²) in [5, 5.41) is 14.2. The second-order valence-electron chi connectivity index (χ2n) is 5.58. The minimum Gasteiger partial charge on any atom is -0.448 e. The van der Waals surface area contributed by atoms with E-state index in [1.54, 1.807) is 6.07 Å². The van der Waals surface area contributed by atoms with Gasteiger partial charge in [-0.15, -0.1) is 11.3 Å². The minimum absolute atomic E-state index is 0.0909. The summed E-state index contributed by atoms with van der Waals surface area (Å²) in [6.07, 6.45) is -1.08. The number of carbonyl (C=O) groups excluding carboxylic acids is 2. The van der Waals surface area contributed by atoms with Crippen LogP contribution < -0.4 is 5.32 Å². The predicted octanol–water partition coefficient (Wildman–Crippen LogP) is 4.65. The number of anilines is 1. The molecule has 9 heteroatoms. The Balaban J connectivity index is 1.67. The highest BCUT2D eigenvalue weighted by atomic mass is 35.5. The second-order valence-corrected chi connectivity index (χ2v) is 7.01. The van der Waals surface area contributed by atoms with Crippen molar-refractivity contribution in [2.24, 2.45) is 0 Å². The first-order chi connectivity index (χ1) is 12.9. The molecule has 3 aromatic rings. The Labute approximate surface area is 162 Å². The van der Waals surface area contributed by atoms with Crippen LogP contribution in [0.1, 0.15) is 16.6 Å². The molecule has 138 valence electrons. The molecular weight excluding hydrogens is 392 g/mol. The number of non-ortho nitro benzene ring substituents is 1. The van der Waals surface area contributed by atoms with E-state index in [0.717, 1.165) is 10.1 Å². The maximum Gasteiger partial charge on any atom is 0.350 e. The first-order valence-corrected chi connectivity index (χ1v) is 8.99. The normalized spacial score (nSPS) is 11.8. The van der Waals surface area contributed by atoms with Gasteiger partial charge in [0.1, 0.15) is 4.88 Å². The van der Waals surface area contributed by atoms with Gasteiger partial charge in [-0.05, 0) is 25.1 Å². The molecule has 7 nitrogen and oxygen atoms in total. The number of amides is 1. The van der Waals surface area contributed by atoms with Gasteiger partial charge in [-0.2, -0.15) is 0 Å². The molecule has 1 aromatic heterocycles. The number of fused-ring (bicyclic) bond motifs is 1. The molecule has 1 N–H and O–H groups in total. The summed E-state index contributed by atoms with van der Waals surface area (Å²) in [5.74, 6) is -1.25. The molecule has 0 saturated heterocycles. The van der Waals surface area contributed by atoms with E-state index in [1.165, 1.54) is 42.5 Å². The number of thiophene rings is 1. The lowest BCUT2D eigenvalue weighted by Crippen LogP contribution is -2.29. The molecule has 1 amide bonds. The molecule has 1 heterocycles. The number of benzene rings is 2. The number of halogens is 1. The Kier molecular flexibility index (Phi) is 5.38. The van der Waals surface area contributed by atoms with Gasteiger partial charge in [0.2, 0.25) is 0 Å². The van der Waals surface area contributed by atoms with E-state index >= 15 is 0 Å². The summed E-state index contributed by atoms with van der Waals surface area (Å²) in [5.41, 5.74) is 0.264. The van der Waals surface area contributed by atoms with Gasteiger partial charge in [0.25, 0.3) is 11.6 Å². The van der Waals surface area contributed by atoms with Crippen LogP contribution in [-0.4, -0.2) is 22.9 Å². The fraction of sp³-hybridized carbons (Fsp3) is 0.111. The molecule has 2 aromatic carbocycles. The summed E-state index contributed by atoms with van der Waals surface area (Å²) in [6, 6.07) is 12.6. The van der Waals surface area contributed by atoms with E-state index in [9.17, 15) is 19.7 Å². The Hall–Kier alpha value is -2.97. The van der Waals surface area contributed by atoms with E-state index in [-0.39, 0.29) is 10.6 Å². The number of rotatable bonds is 5. The maximum atomic E-state index is 12.4. The zero-order valence-corrected chi connectivity index (χ0v) is 15.5. The molecule has 1 atom stereocenters. The van der Waals surface area contributed by atoms with Crippen LogP contribution in [0.2, 0.25) is 5.02 Å². The number of nitro benzene ring substituents is 1. The van der Waals surface area contributed by atoms with Crippen LogP contribution in [0.15, 0.2) is 48.5 Å². The van der Waals surface area contributed by atoms with Crippen molar-refractivity contribution >= 4 is 56.3 Å². The van der Waals surface area contributed by atoms with Crippen LogP contribution in [0.4, 0.5) is 11.4 Å². The highest BCUT2D eigenvalue weighted by Crippen LogP contribution is 2.35. The number of nitrogens with zero attached hydrogens (tertiary/aromatic N) is 1. The zero-order chi connectivity index (χ0) is 19.6. The molecule has 0 aliphatic rings. The molecule has 0 aliphatic carbocycles. The van der Waals surface area contributed by atoms with Gasteiger partial charge in [-0.1, -0.05) is 29.8 Å². The van der Waals surface area contributed by atoms with Gasteiger partial charge in [0, 0.05) is 27.9 Å². The Morgan fingerprint density at radius 2 is 1.85 bits per heavy atom. The van der Waals surface area contributed by atoms with Crippen molar-refractivity contribution in [3.8, 4) is 0 Å². The second kappa shape index (κ2) is 7.73. The summed E-state index contributed by atoms with van der Waals surface area (Å²) < 4.78 is 6.05. The molecule has 0 fully saturated rings. The maximum absolute atomic E-state index is 12.4. The average Bonchev–Trinajstić information content (AvgIpc) is 2.99. The quantitative estimate of drug-likeness (QED) is 0.379. The number of carbonyl (C=O) groups is 2. The Morgan fingerprint density at radius 1 is 1.19 bits per heavy atom. The lowest BCUT2D eigenvalue weighted by atomic mass is 10.2. The largest absolute Gasteiger partial charge is 0.448 e. The van der Waals surface area contributed by atoms with Crippen LogP contribution in [0.25, 0.3) is 10.1 Å². The lowest BCUT2D eigenvalue weighted by molar-refractivity contribution is -0.384. The number of hydrogen-bond acceptors (Lipinski definition) is 6. The number of nitro groups is 1. The van der Waals surface area contributed by atoms with Crippen molar-refractivity contribution in [1.82, 2.24) is 0 Å². The van der Waals surface area contributed by atoms with Crippen LogP contribution in [0.3, 0.4) is 0 Å². The van der Waals surface area contributed by atoms with Gasteiger partial charge in [0.05, 0.1) is 9.95 Å². The fourth-order valence-electron chi connectivity index (χ4n) is 2.32. The highest BCUT2D eigenvalue weighted by Gasteiger charge is 2.23. The van der Waals surface area contributed by atoms with Gasteiger partial charge >= 0.3 is 5.97 Å². The average molecular weight is 405 g/mol. The van der Waals surface area contributed by atoms with E-state index < -0.39 is 22.9 Å². The van der Waals surface area contributed by atoms with Crippen molar-refractivity contribution in [2.45, 2.75) is 13.0 Å². The van der Waals surface area contributed by atoms with Crippen LogP contribution in [0, 0.1) is 10.1 Å². The van der Waals surface area contributed by atoms with E-state index in [0.29, 0.717) is 10.7 Å². The van der Waals surface area contributed by atoms with Crippen molar-refractivity contribution in [3.63, 3.8) is 0 Å². The van der Waals surface area contributed by atoms with Gasteiger partial charge in [-0.3, -0.25) is 14.9 Å². The molecule has 0 saturated carbocycles. The molecule has 0 bridgehead atoms. The van der Waals surface area contributed by atoms with Crippen molar-refractivity contribution in [2.75, 3.05) is 5.32 Å². The smallest absolute Gasteiger partial charge is 0.350 e. The SMILES string of the molecule is CC(OC(=O)c1sc2ccccc2c1Cl)C(=O)Nc1ccc([N+](=O)[O-])cc1. The third kappa shape index (κ3) is 4.07. The third-order valence-corrected chi connectivity index (χ3v) is 5.37. The van der Waals surface area contributed by atoms with Crippen LogP contribution in [0.5, 0.6) is 0 Å². The Bertz CT molecular complexity index is 1030.